The molecule has 0 bridgehead atoms. The Balaban J connectivity index is 1.59. The third-order valence-electron chi connectivity index (χ3n) is 8.66. The van der Waals surface area contributed by atoms with E-state index in [1.165, 1.54) is 23.1 Å². The minimum absolute atomic E-state index is 0.0000379. The zero-order chi connectivity index (χ0) is 34.4. The number of nitrogens with one attached hydrogen (secondary N) is 1. The molecule has 1 fully saturated rings. The van der Waals surface area contributed by atoms with Gasteiger partial charge in [0.2, 0.25) is 11.8 Å². The van der Waals surface area contributed by atoms with E-state index in [4.69, 9.17) is 34.8 Å². The van der Waals surface area contributed by atoms with Gasteiger partial charge in [0, 0.05) is 34.1 Å². The van der Waals surface area contributed by atoms with Crippen LogP contribution in [0.2, 0.25) is 15.1 Å². The Labute approximate surface area is 297 Å². The van der Waals surface area contributed by atoms with Crippen molar-refractivity contribution < 1.29 is 18.0 Å². The lowest BCUT2D eigenvalue weighted by molar-refractivity contribution is -0.140. The number of hydrogen-bond acceptors (Lipinski definition) is 4. The second-order valence-electron chi connectivity index (χ2n) is 12.2. The fourth-order valence-corrected chi connectivity index (χ4v) is 7.91. The first-order valence-electron chi connectivity index (χ1n) is 15.9. The Bertz CT molecular complexity index is 1860. The van der Waals surface area contributed by atoms with E-state index in [0.29, 0.717) is 20.6 Å². The largest absolute Gasteiger partial charge is 0.352 e. The summed E-state index contributed by atoms with van der Waals surface area (Å²) in [6.07, 6.45) is 3.96. The highest BCUT2D eigenvalue weighted by Crippen LogP contribution is 2.30. The number of benzene rings is 4. The average molecular weight is 727 g/mol. The highest BCUT2D eigenvalue weighted by atomic mass is 35.5. The van der Waals surface area contributed by atoms with Gasteiger partial charge in [-0.15, -0.1) is 0 Å². The fourth-order valence-electron chi connectivity index (χ4n) is 5.86. The molecule has 1 aliphatic rings. The third-order valence-corrected chi connectivity index (χ3v) is 11.4. The summed E-state index contributed by atoms with van der Waals surface area (Å²) in [4.78, 5) is 30.3. The van der Waals surface area contributed by atoms with Gasteiger partial charge in [-0.2, -0.15) is 0 Å². The number of rotatable bonds is 12. The maximum absolute atomic E-state index is 14.7. The Kier molecular flexibility index (Phi) is 11.7. The van der Waals surface area contributed by atoms with Crippen LogP contribution in [0.4, 0.5) is 5.69 Å². The average Bonchev–Trinajstić information content (AvgIpc) is 3.57. The molecule has 11 heteroatoms. The Morgan fingerprint density at radius 2 is 1.54 bits per heavy atom. The van der Waals surface area contributed by atoms with Crippen LogP contribution in [0.1, 0.15) is 47.9 Å². The molecule has 0 aliphatic heterocycles. The molecule has 7 nitrogen and oxygen atoms in total. The Hall–Kier alpha value is -3.56. The van der Waals surface area contributed by atoms with Crippen LogP contribution in [0.5, 0.6) is 0 Å². The van der Waals surface area contributed by atoms with Gasteiger partial charge in [0.15, 0.2) is 0 Å². The number of carbonyl (C=O) groups is 2. The van der Waals surface area contributed by atoms with Gasteiger partial charge in [-0.3, -0.25) is 13.9 Å². The molecule has 252 valence electrons. The summed E-state index contributed by atoms with van der Waals surface area (Å²) in [5.74, 6) is -0.897. The van der Waals surface area contributed by atoms with Crippen LogP contribution in [0.25, 0.3) is 0 Å². The van der Waals surface area contributed by atoms with Gasteiger partial charge in [0.25, 0.3) is 10.0 Å². The maximum Gasteiger partial charge on any atom is 0.264 e. The lowest BCUT2D eigenvalue weighted by atomic mass is 10.0. The van der Waals surface area contributed by atoms with E-state index < -0.39 is 28.5 Å². The molecule has 0 radical (unpaired) electrons. The number of carbonyl (C=O) groups excluding carboxylic acids is 2. The number of sulfonamides is 1. The molecule has 1 aliphatic carbocycles. The molecule has 1 atom stereocenters. The van der Waals surface area contributed by atoms with Crippen molar-refractivity contribution in [3.8, 4) is 0 Å². The van der Waals surface area contributed by atoms with Gasteiger partial charge < -0.3 is 10.2 Å². The minimum Gasteiger partial charge on any atom is -0.352 e. The number of nitrogens with zero attached hydrogens (tertiary/aromatic N) is 2. The highest BCUT2D eigenvalue weighted by Gasteiger charge is 2.36. The smallest absolute Gasteiger partial charge is 0.264 e. The van der Waals surface area contributed by atoms with Crippen molar-refractivity contribution in [2.45, 2.75) is 69.5 Å². The van der Waals surface area contributed by atoms with E-state index in [-0.39, 0.29) is 35.5 Å². The molecule has 4 aromatic rings. The molecule has 48 heavy (non-hydrogen) atoms. The molecule has 0 heterocycles. The maximum atomic E-state index is 14.7. The van der Waals surface area contributed by atoms with Crippen molar-refractivity contribution in [2.75, 3.05) is 10.8 Å². The zero-order valence-corrected chi connectivity index (χ0v) is 29.9. The summed E-state index contributed by atoms with van der Waals surface area (Å²) in [7, 11) is -4.26. The molecule has 4 aromatic carbocycles. The molecular formula is C37H38Cl3N3O4S. The number of aryl methyl sites for hydroxylation is 2. The van der Waals surface area contributed by atoms with Crippen molar-refractivity contribution in [1.82, 2.24) is 10.2 Å². The summed E-state index contributed by atoms with van der Waals surface area (Å²) in [6.45, 7) is 3.02. The first kappa shape index (κ1) is 35.7. The van der Waals surface area contributed by atoms with Crippen LogP contribution in [0, 0.1) is 13.8 Å². The first-order valence-corrected chi connectivity index (χ1v) is 18.4. The highest BCUT2D eigenvalue weighted by molar-refractivity contribution is 7.92. The van der Waals surface area contributed by atoms with E-state index in [0.717, 1.165) is 46.7 Å². The summed E-state index contributed by atoms with van der Waals surface area (Å²) in [6, 6.07) is 24.7. The number of halogens is 3. The lowest BCUT2D eigenvalue weighted by Gasteiger charge is -2.34. The van der Waals surface area contributed by atoms with Crippen LogP contribution >= 0.6 is 34.8 Å². The monoisotopic (exact) mass is 725 g/mol. The molecule has 0 unspecified atom stereocenters. The van der Waals surface area contributed by atoms with Crippen LogP contribution in [0.15, 0.2) is 95.9 Å². The van der Waals surface area contributed by atoms with Crippen molar-refractivity contribution in [1.29, 1.82) is 0 Å². The predicted octanol–water partition coefficient (Wildman–Crippen LogP) is 8.16. The van der Waals surface area contributed by atoms with Crippen LogP contribution in [0.3, 0.4) is 0 Å². The molecule has 1 saturated carbocycles. The summed E-state index contributed by atoms with van der Waals surface area (Å²) in [5.41, 5.74) is 3.27. The number of hydrogen-bond donors (Lipinski definition) is 1. The van der Waals surface area contributed by atoms with Gasteiger partial charge >= 0.3 is 0 Å². The molecular weight excluding hydrogens is 689 g/mol. The Morgan fingerprint density at radius 1 is 0.854 bits per heavy atom. The molecule has 0 saturated heterocycles. The van der Waals surface area contributed by atoms with E-state index in [1.54, 1.807) is 42.5 Å². The van der Waals surface area contributed by atoms with Crippen molar-refractivity contribution >= 4 is 62.3 Å². The molecule has 5 rings (SSSR count). The van der Waals surface area contributed by atoms with Crippen LogP contribution in [-0.2, 0) is 32.6 Å². The quantitative estimate of drug-likeness (QED) is 0.160. The fraction of sp³-hybridized carbons (Fsp3) is 0.297. The van der Waals surface area contributed by atoms with E-state index in [1.807, 2.05) is 44.2 Å². The summed E-state index contributed by atoms with van der Waals surface area (Å²) < 4.78 is 29.6. The van der Waals surface area contributed by atoms with Gasteiger partial charge in [-0.1, -0.05) is 108 Å². The van der Waals surface area contributed by atoms with E-state index in [9.17, 15) is 18.0 Å². The normalized spacial score (nSPS) is 14.0. The minimum atomic E-state index is -4.26. The number of anilines is 1. The van der Waals surface area contributed by atoms with E-state index in [2.05, 4.69) is 5.32 Å². The summed E-state index contributed by atoms with van der Waals surface area (Å²) >= 11 is 19.3. The second kappa shape index (κ2) is 15.8. The molecule has 1 N–H and O–H groups in total. The topological polar surface area (TPSA) is 86.8 Å². The predicted molar refractivity (Wildman–Crippen MR) is 193 cm³/mol. The second-order valence-corrected chi connectivity index (χ2v) is 15.3. The third kappa shape index (κ3) is 8.72. The molecule has 0 aromatic heterocycles. The first-order chi connectivity index (χ1) is 22.9. The van der Waals surface area contributed by atoms with Crippen molar-refractivity contribution in [3.05, 3.63) is 128 Å². The van der Waals surface area contributed by atoms with E-state index >= 15 is 0 Å². The summed E-state index contributed by atoms with van der Waals surface area (Å²) in [5, 5.41) is 4.27. The zero-order valence-electron chi connectivity index (χ0n) is 26.8. The lowest BCUT2D eigenvalue weighted by Crippen LogP contribution is -2.54. The number of amides is 2. The van der Waals surface area contributed by atoms with Gasteiger partial charge in [0.05, 0.1) is 10.6 Å². The van der Waals surface area contributed by atoms with Gasteiger partial charge in [0.1, 0.15) is 12.6 Å². The van der Waals surface area contributed by atoms with Gasteiger partial charge in [-0.25, -0.2) is 8.42 Å². The van der Waals surface area contributed by atoms with Crippen LogP contribution in [-0.4, -0.2) is 43.8 Å². The Morgan fingerprint density at radius 3 is 2.19 bits per heavy atom. The standard InChI is InChI=1S/C37H38Cl3N3O4S/c1-25-12-18-32(19-13-25)48(46,47)43(31-17-14-26(2)33(39)22-31)24-36(44)42(23-28-15-16-29(38)21-34(28)40)35(20-27-8-4-3-5-9-27)37(45)41-30-10-6-7-11-30/h3-5,8-9,12-19,21-22,30,35H,6-7,10-11,20,23-24H2,1-2H3,(H,41,45)/t35-/m0/s1. The van der Waals surface area contributed by atoms with Gasteiger partial charge in [-0.05, 0) is 79.8 Å². The SMILES string of the molecule is Cc1ccc(S(=O)(=O)N(CC(=O)N(Cc2ccc(Cl)cc2Cl)[C@@H](Cc2ccccc2)C(=O)NC2CCCC2)c2ccc(C)c(Cl)c2)cc1. The van der Waals surface area contributed by atoms with Crippen molar-refractivity contribution in [2.24, 2.45) is 0 Å². The molecule has 0 spiro atoms. The molecule has 2 amide bonds. The van der Waals surface area contributed by atoms with Crippen LogP contribution < -0.4 is 9.62 Å². The van der Waals surface area contributed by atoms with Crippen molar-refractivity contribution in [3.63, 3.8) is 0 Å².